The standard InChI is InChI=1S/C9H10N2O2S.Na.H/c1-7(12)13-11(9(10)14)8-5-3-2-4-6-8;;/h2-6H,1H3,(H2,10,14);;/q;+1;-1. The molecule has 4 nitrogen and oxygen atoms in total. The summed E-state index contributed by atoms with van der Waals surface area (Å²) in [7, 11) is 0. The molecular formula is C9H11N2NaO2S. The normalized spacial score (nSPS) is 8.60. The van der Waals surface area contributed by atoms with Gasteiger partial charge in [-0.25, -0.2) is 4.79 Å². The van der Waals surface area contributed by atoms with Crippen LogP contribution in [-0.2, 0) is 9.63 Å². The molecular weight excluding hydrogens is 223 g/mol. The molecule has 0 saturated carbocycles. The van der Waals surface area contributed by atoms with Gasteiger partial charge in [0.25, 0.3) is 0 Å². The van der Waals surface area contributed by atoms with Crippen molar-refractivity contribution in [2.24, 2.45) is 5.73 Å². The molecule has 0 aliphatic heterocycles. The first-order valence-electron chi connectivity index (χ1n) is 3.94. The van der Waals surface area contributed by atoms with Gasteiger partial charge in [-0.1, -0.05) is 18.2 Å². The summed E-state index contributed by atoms with van der Waals surface area (Å²) in [5.41, 5.74) is 6.02. The Labute approximate surface area is 117 Å². The van der Waals surface area contributed by atoms with Crippen molar-refractivity contribution in [3.8, 4) is 0 Å². The first-order chi connectivity index (χ1) is 6.61. The van der Waals surface area contributed by atoms with Crippen molar-refractivity contribution in [1.29, 1.82) is 0 Å². The summed E-state index contributed by atoms with van der Waals surface area (Å²) >= 11 is 4.74. The SMILES string of the molecule is CC(=O)ON(C(N)=S)c1ccccc1.[H-].[Na+]. The molecule has 2 N–H and O–H groups in total. The summed E-state index contributed by atoms with van der Waals surface area (Å²) in [5.74, 6) is -0.471. The minimum Gasteiger partial charge on any atom is -1.00 e. The van der Waals surface area contributed by atoms with E-state index in [-0.39, 0.29) is 36.1 Å². The number of nitrogens with zero attached hydrogens (tertiary/aromatic N) is 1. The maximum Gasteiger partial charge on any atom is 1.00 e. The van der Waals surface area contributed by atoms with Crippen molar-refractivity contribution in [3.05, 3.63) is 30.3 Å². The molecule has 76 valence electrons. The van der Waals surface area contributed by atoms with Crippen LogP contribution in [-0.4, -0.2) is 11.1 Å². The molecule has 0 aromatic heterocycles. The van der Waals surface area contributed by atoms with E-state index >= 15 is 0 Å². The molecule has 15 heavy (non-hydrogen) atoms. The van der Waals surface area contributed by atoms with E-state index in [1.54, 1.807) is 24.3 Å². The molecule has 0 aliphatic rings. The van der Waals surface area contributed by atoms with E-state index in [0.717, 1.165) is 5.06 Å². The zero-order chi connectivity index (χ0) is 10.6. The topological polar surface area (TPSA) is 55.6 Å². The van der Waals surface area contributed by atoms with Crippen LogP contribution in [0.5, 0.6) is 0 Å². The number of hydrogen-bond donors (Lipinski definition) is 1. The van der Waals surface area contributed by atoms with E-state index in [1.165, 1.54) is 6.92 Å². The number of thiocarbonyl (C=S) groups is 1. The summed E-state index contributed by atoms with van der Waals surface area (Å²) in [6, 6.07) is 8.91. The van der Waals surface area contributed by atoms with E-state index in [9.17, 15) is 4.79 Å². The molecule has 0 bridgehead atoms. The number of benzene rings is 1. The molecule has 0 fully saturated rings. The van der Waals surface area contributed by atoms with E-state index in [0.29, 0.717) is 5.69 Å². The molecule has 0 aliphatic carbocycles. The Balaban J connectivity index is 0. The molecule has 0 heterocycles. The van der Waals surface area contributed by atoms with Crippen LogP contribution in [0.4, 0.5) is 5.69 Å². The zero-order valence-corrected chi connectivity index (χ0v) is 11.5. The Morgan fingerprint density at radius 2 is 2.00 bits per heavy atom. The van der Waals surface area contributed by atoms with Crippen molar-refractivity contribution in [3.63, 3.8) is 0 Å². The van der Waals surface area contributed by atoms with Gasteiger partial charge in [0, 0.05) is 6.92 Å². The molecule has 0 amide bonds. The second-order valence-electron chi connectivity index (χ2n) is 2.55. The summed E-state index contributed by atoms with van der Waals surface area (Å²) in [6.07, 6.45) is 0. The van der Waals surface area contributed by atoms with Gasteiger partial charge in [-0.05, 0) is 24.4 Å². The van der Waals surface area contributed by atoms with Crippen LogP contribution in [0.15, 0.2) is 30.3 Å². The van der Waals surface area contributed by atoms with Gasteiger partial charge in [-0.15, -0.1) is 5.06 Å². The zero-order valence-electron chi connectivity index (χ0n) is 9.64. The molecule has 1 rings (SSSR count). The van der Waals surface area contributed by atoms with Crippen molar-refractivity contribution < 1.29 is 40.6 Å². The third kappa shape index (κ3) is 4.61. The fourth-order valence-corrected chi connectivity index (χ4v) is 1.06. The molecule has 0 saturated heterocycles. The van der Waals surface area contributed by atoms with Gasteiger partial charge in [0.15, 0.2) is 0 Å². The Kier molecular flexibility index (Phi) is 6.51. The van der Waals surface area contributed by atoms with Gasteiger partial charge < -0.3 is 12.0 Å². The number of nitrogens with two attached hydrogens (primary N) is 1. The first-order valence-corrected chi connectivity index (χ1v) is 4.35. The summed E-state index contributed by atoms with van der Waals surface area (Å²) in [4.78, 5) is 15.6. The smallest absolute Gasteiger partial charge is 1.00 e. The summed E-state index contributed by atoms with van der Waals surface area (Å²) in [5, 5.41) is 1.10. The third-order valence-electron chi connectivity index (χ3n) is 1.41. The Morgan fingerprint density at radius 3 is 2.40 bits per heavy atom. The molecule has 6 heteroatoms. The van der Waals surface area contributed by atoms with Gasteiger partial charge >= 0.3 is 35.5 Å². The molecule has 0 spiro atoms. The van der Waals surface area contributed by atoms with Crippen LogP contribution in [0.3, 0.4) is 0 Å². The average Bonchev–Trinajstić information content (AvgIpc) is 2.15. The van der Waals surface area contributed by atoms with Gasteiger partial charge in [0.1, 0.15) is 0 Å². The average molecular weight is 234 g/mol. The van der Waals surface area contributed by atoms with Gasteiger partial charge in [0.2, 0.25) is 5.11 Å². The van der Waals surface area contributed by atoms with E-state index in [1.807, 2.05) is 6.07 Å². The number of hydrogen-bond acceptors (Lipinski definition) is 3. The number of carbonyl (C=O) groups excluding carboxylic acids is 1. The van der Waals surface area contributed by atoms with E-state index in [2.05, 4.69) is 0 Å². The fourth-order valence-electron chi connectivity index (χ4n) is 0.917. The third-order valence-corrected chi connectivity index (χ3v) is 1.58. The minimum absolute atomic E-state index is 0. The maximum absolute atomic E-state index is 10.8. The predicted octanol–water partition coefficient (Wildman–Crippen LogP) is -1.67. The van der Waals surface area contributed by atoms with Crippen molar-refractivity contribution in [1.82, 2.24) is 0 Å². The maximum atomic E-state index is 10.8. The van der Waals surface area contributed by atoms with Crippen LogP contribution in [0.25, 0.3) is 0 Å². The Bertz CT molecular complexity index is 351. The van der Waals surface area contributed by atoms with Crippen LogP contribution in [0, 0.1) is 0 Å². The number of hydroxylamine groups is 1. The molecule has 0 atom stereocenters. The fraction of sp³-hybridized carbons (Fsp3) is 0.111. The van der Waals surface area contributed by atoms with Gasteiger partial charge in [-0.3, -0.25) is 0 Å². The Morgan fingerprint density at radius 1 is 1.47 bits per heavy atom. The van der Waals surface area contributed by atoms with Crippen molar-refractivity contribution in [2.45, 2.75) is 6.92 Å². The van der Waals surface area contributed by atoms with Crippen LogP contribution in [0.2, 0.25) is 0 Å². The summed E-state index contributed by atoms with van der Waals surface area (Å²) < 4.78 is 0. The molecule has 0 unspecified atom stereocenters. The van der Waals surface area contributed by atoms with E-state index < -0.39 is 5.97 Å². The minimum atomic E-state index is -0.471. The van der Waals surface area contributed by atoms with Crippen LogP contribution in [0.1, 0.15) is 8.35 Å². The summed E-state index contributed by atoms with van der Waals surface area (Å²) in [6.45, 7) is 1.29. The predicted molar refractivity (Wildman–Crippen MR) is 58.6 cm³/mol. The quantitative estimate of drug-likeness (QED) is 0.358. The van der Waals surface area contributed by atoms with Gasteiger partial charge in [-0.2, -0.15) is 0 Å². The van der Waals surface area contributed by atoms with Crippen LogP contribution >= 0.6 is 12.2 Å². The first kappa shape index (κ1) is 14.4. The molecule has 1 aromatic carbocycles. The second kappa shape index (κ2) is 6.79. The molecule has 1 aromatic rings. The number of para-hydroxylation sites is 1. The van der Waals surface area contributed by atoms with Crippen molar-refractivity contribution >= 4 is 29.0 Å². The largest absolute Gasteiger partial charge is 1.00 e. The number of rotatable bonds is 1. The second-order valence-corrected chi connectivity index (χ2v) is 2.97. The van der Waals surface area contributed by atoms with Crippen molar-refractivity contribution in [2.75, 3.05) is 5.06 Å². The van der Waals surface area contributed by atoms with Crippen LogP contribution < -0.4 is 40.4 Å². The Hall–Kier alpha value is -0.620. The monoisotopic (exact) mass is 234 g/mol. The molecule has 0 radical (unpaired) electrons. The van der Waals surface area contributed by atoms with Gasteiger partial charge in [0.05, 0.1) is 5.69 Å². The number of anilines is 1. The van der Waals surface area contributed by atoms with E-state index in [4.69, 9.17) is 22.8 Å². The number of carbonyl (C=O) groups is 1.